The van der Waals surface area contributed by atoms with Crippen molar-refractivity contribution in [1.29, 1.82) is 0 Å². The van der Waals surface area contributed by atoms with E-state index in [1.54, 1.807) is 57.3 Å². The first-order chi connectivity index (χ1) is 26.9. The minimum Gasteiger partial charge on any atom is -0.458 e. The van der Waals surface area contributed by atoms with Crippen molar-refractivity contribution in [3.63, 3.8) is 0 Å². The molecule has 3 aliphatic rings. The molecule has 58 heavy (non-hydrogen) atoms. The van der Waals surface area contributed by atoms with Crippen LogP contribution in [0.5, 0.6) is 0 Å². The predicted molar refractivity (Wildman–Crippen MR) is 211 cm³/mol. The number of nitrogen functional groups attached to an aromatic ring is 1. The van der Waals surface area contributed by atoms with Gasteiger partial charge in [-0.25, -0.2) is 29.3 Å². The summed E-state index contributed by atoms with van der Waals surface area (Å²) in [5.74, 6) is -1.88. The van der Waals surface area contributed by atoms with Crippen LogP contribution in [-0.4, -0.2) is 140 Å². The average molecular weight is 818 g/mol. The second-order valence-electron chi connectivity index (χ2n) is 18.6. The zero-order chi connectivity index (χ0) is 42.8. The largest absolute Gasteiger partial charge is 0.458 e. The Hall–Kier alpha value is -4.33. The lowest BCUT2D eigenvalue weighted by Gasteiger charge is -2.34. The van der Waals surface area contributed by atoms with E-state index in [2.05, 4.69) is 25.6 Å². The molecule has 3 fully saturated rings. The molecule has 2 aromatic rings. The lowest BCUT2D eigenvalue weighted by molar-refractivity contribution is -0.198. The highest BCUT2D eigenvalue weighted by molar-refractivity contribution is 5.82. The van der Waals surface area contributed by atoms with Crippen LogP contribution in [0.2, 0.25) is 0 Å². The van der Waals surface area contributed by atoms with Gasteiger partial charge in [-0.05, 0) is 95.4 Å². The summed E-state index contributed by atoms with van der Waals surface area (Å²) in [6.45, 7) is 21.5. The van der Waals surface area contributed by atoms with Crippen LogP contribution in [0.25, 0.3) is 11.2 Å². The lowest BCUT2D eigenvalue weighted by atomic mass is 9.97. The third-order valence-electron chi connectivity index (χ3n) is 9.51. The third kappa shape index (κ3) is 12.1. The van der Waals surface area contributed by atoms with E-state index in [0.717, 1.165) is 0 Å². The highest BCUT2D eigenvalue weighted by Crippen LogP contribution is 2.44. The molecule has 4 N–H and O–H groups in total. The molecular weight excluding hydrogens is 754 g/mol. The maximum absolute atomic E-state index is 13.5. The highest BCUT2D eigenvalue weighted by Gasteiger charge is 2.56. The van der Waals surface area contributed by atoms with Crippen LogP contribution in [0.15, 0.2) is 12.7 Å². The molecule has 0 aliphatic carbocycles. The third-order valence-corrected chi connectivity index (χ3v) is 9.51. The maximum atomic E-state index is 13.5. The van der Waals surface area contributed by atoms with Crippen LogP contribution in [0.4, 0.5) is 15.4 Å². The number of likely N-dealkylation sites (tertiary alicyclic amines) is 1. The van der Waals surface area contributed by atoms with Gasteiger partial charge in [0.1, 0.15) is 53.0 Å². The summed E-state index contributed by atoms with van der Waals surface area (Å²) in [6, 6.07) is -1.05. The molecule has 0 saturated carbocycles. The molecule has 5 rings (SSSR count). The first-order valence-electron chi connectivity index (χ1n) is 20.0. The van der Waals surface area contributed by atoms with Gasteiger partial charge in [0.2, 0.25) is 5.91 Å². The second-order valence-corrected chi connectivity index (χ2v) is 18.6. The van der Waals surface area contributed by atoms with Gasteiger partial charge in [-0.3, -0.25) is 14.3 Å². The first-order valence-corrected chi connectivity index (χ1v) is 20.0. The summed E-state index contributed by atoms with van der Waals surface area (Å²) in [4.78, 5) is 69.2. The van der Waals surface area contributed by atoms with Gasteiger partial charge in [-0.2, -0.15) is 0 Å². The quantitative estimate of drug-likeness (QED) is 0.206. The van der Waals surface area contributed by atoms with Crippen molar-refractivity contribution in [1.82, 2.24) is 40.0 Å². The zero-order valence-corrected chi connectivity index (χ0v) is 35.8. The Bertz CT molecular complexity index is 1780. The minimum absolute atomic E-state index is 0.144. The number of ether oxygens (including phenoxy) is 6. The molecule has 3 amide bonds. The smallest absolute Gasteiger partial charge is 0.410 e. The Morgan fingerprint density at radius 3 is 2.29 bits per heavy atom. The van der Waals surface area contributed by atoms with Gasteiger partial charge in [-0.1, -0.05) is 0 Å². The van der Waals surface area contributed by atoms with E-state index < -0.39 is 77.2 Å². The van der Waals surface area contributed by atoms with Crippen molar-refractivity contribution in [2.45, 2.75) is 149 Å². The predicted octanol–water partition coefficient (Wildman–Crippen LogP) is 3.52. The van der Waals surface area contributed by atoms with Gasteiger partial charge in [-0.15, -0.1) is 0 Å². The number of amides is 3. The van der Waals surface area contributed by atoms with Crippen LogP contribution < -0.4 is 16.4 Å². The molecule has 3 saturated heterocycles. The van der Waals surface area contributed by atoms with Crippen LogP contribution in [0, 0.1) is 5.92 Å². The Morgan fingerprint density at radius 2 is 1.62 bits per heavy atom. The van der Waals surface area contributed by atoms with Gasteiger partial charge in [0.25, 0.3) is 0 Å². The molecule has 19 nitrogen and oxygen atoms in total. The topological polar surface area (TPSA) is 224 Å². The van der Waals surface area contributed by atoms with Crippen molar-refractivity contribution in [2.24, 2.45) is 5.92 Å². The Balaban J connectivity index is 1.34. The normalized spacial score (nSPS) is 24.0. The fourth-order valence-electron chi connectivity index (χ4n) is 7.18. The zero-order valence-electron chi connectivity index (χ0n) is 35.8. The SMILES string of the molecule is CC(C)(C)OC(=O)N[C@@H](CCN(CCNC(=O)C1CCCN(C(=O)OC(C)(C)C)C1)C[C@H]1O[C@@H](n2cnc3c(N)ncnc32)[C@@H]2OC(C)(C)O[C@@H]21)C(=O)OC(C)(C)C. The molecule has 6 atom stereocenters. The van der Waals surface area contributed by atoms with E-state index in [1.165, 1.54) is 6.33 Å². The molecular formula is C39H63N9O10. The molecule has 19 heteroatoms. The molecule has 0 radical (unpaired) electrons. The van der Waals surface area contributed by atoms with E-state index >= 15 is 0 Å². The van der Waals surface area contributed by atoms with E-state index in [1.807, 2.05) is 39.5 Å². The number of nitrogens with two attached hydrogens (primary N) is 1. The summed E-state index contributed by atoms with van der Waals surface area (Å²) in [6.07, 6.45) is 0.913. The van der Waals surface area contributed by atoms with E-state index in [9.17, 15) is 19.2 Å². The summed E-state index contributed by atoms with van der Waals surface area (Å²) in [7, 11) is 0. The molecule has 324 valence electrons. The summed E-state index contributed by atoms with van der Waals surface area (Å²) in [5.41, 5.74) is 4.75. The number of piperidine rings is 1. The van der Waals surface area contributed by atoms with Crippen molar-refractivity contribution in [2.75, 3.05) is 45.0 Å². The number of rotatable bonds is 12. The number of esters is 1. The van der Waals surface area contributed by atoms with E-state index in [-0.39, 0.29) is 37.8 Å². The molecule has 2 aromatic heterocycles. The number of alkyl carbamates (subject to hydrolysis) is 1. The van der Waals surface area contributed by atoms with Crippen molar-refractivity contribution >= 4 is 41.0 Å². The molecule has 5 heterocycles. The first kappa shape index (κ1) is 44.8. The fraction of sp³-hybridized carbons (Fsp3) is 0.769. The molecule has 0 aromatic carbocycles. The van der Waals surface area contributed by atoms with Gasteiger partial charge in [0, 0.05) is 39.3 Å². The number of hydrogen-bond acceptors (Lipinski definition) is 15. The maximum Gasteiger partial charge on any atom is 0.410 e. The monoisotopic (exact) mass is 817 g/mol. The number of anilines is 1. The minimum atomic E-state index is -1.05. The Labute approximate surface area is 340 Å². The fourth-order valence-corrected chi connectivity index (χ4v) is 7.18. The summed E-state index contributed by atoms with van der Waals surface area (Å²) < 4.78 is 38.0. The average Bonchev–Trinajstić information content (AvgIpc) is 3.75. The van der Waals surface area contributed by atoms with Gasteiger partial charge in [0.05, 0.1) is 12.2 Å². The lowest BCUT2D eigenvalue weighted by Crippen LogP contribution is -2.50. The van der Waals surface area contributed by atoms with Gasteiger partial charge < -0.3 is 49.7 Å². The Kier molecular flexibility index (Phi) is 13.5. The number of nitrogens with zero attached hydrogens (tertiary/aromatic N) is 6. The molecule has 1 unspecified atom stereocenters. The number of hydrogen-bond donors (Lipinski definition) is 3. The second kappa shape index (κ2) is 17.5. The van der Waals surface area contributed by atoms with Crippen LogP contribution >= 0.6 is 0 Å². The summed E-state index contributed by atoms with van der Waals surface area (Å²) in [5, 5.41) is 5.76. The van der Waals surface area contributed by atoms with Crippen LogP contribution in [-0.2, 0) is 38.0 Å². The Morgan fingerprint density at radius 1 is 0.948 bits per heavy atom. The summed E-state index contributed by atoms with van der Waals surface area (Å²) >= 11 is 0. The van der Waals surface area contributed by atoms with E-state index in [4.69, 9.17) is 34.2 Å². The highest BCUT2D eigenvalue weighted by atomic mass is 16.8. The van der Waals surface area contributed by atoms with Crippen LogP contribution in [0.3, 0.4) is 0 Å². The number of aromatic nitrogens is 4. The van der Waals surface area contributed by atoms with Gasteiger partial charge >= 0.3 is 18.2 Å². The van der Waals surface area contributed by atoms with Crippen molar-refractivity contribution in [3.8, 4) is 0 Å². The number of fused-ring (bicyclic) bond motifs is 2. The van der Waals surface area contributed by atoms with Crippen LogP contribution in [0.1, 0.15) is 102 Å². The number of nitrogens with one attached hydrogen (secondary N) is 2. The number of carbonyl (C=O) groups is 4. The molecule has 0 bridgehead atoms. The van der Waals surface area contributed by atoms with Crippen molar-refractivity contribution in [3.05, 3.63) is 12.7 Å². The van der Waals surface area contributed by atoms with Gasteiger partial charge in [0.15, 0.2) is 23.5 Å². The molecule has 0 spiro atoms. The van der Waals surface area contributed by atoms with Crippen molar-refractivity contribution < 1.29 is 47.6 Å². The van der Waals surface area contributed by atoms with E-state index in [0.29, 0.717) is 43.6 Å². The molecule has 3 aliphatic heterocycles. The number of carbonyl (C=O) groups excluding carboxylic acids is 4. The number of imidazole rings is 1. The standard InChI is InChI=1S/C39H63N9O10/c1-36(2,3)56-33(50)24(45-34(51)57-37(4,5)6)14-17-46(18-15-41-31(49)23-13-12-16-47(19-23)35(52)58-38(7,8)9)20-25-27-28(55-39(10,11)54-27)32(53-25)48-22-44-26-29(40)42-21-43-30(26)48/h21-25,27-28,32H,12-20H2,1-11H3,(H,41,49)(H,45,51)(H2,40,42,43)/t23?,24-,25+,27+,28+,32+/m0/s1.